The normalized spacial score (nSPS) is 10.2. The molecular weight excluding hydrogens is 204 g/mol. The van der Waals surface area contributed by atoms with Gasteiger partial charge in [0, 0.05) is 0 Å². The molecule has 0 amide bonds. The van der Waals surface area contributed by atoms with E-state index in [1.54, 1.807) is 19.5 Å². The Labute approximate surface area is 93.6 Å². The second-order valence-electron chi connectivity index (χ2n) is 3.32. The first-order valence-corrected chi connectivity index (χ1v) is 4.80. The first-order chi connectivity index (χ1) is 7.72. The van der Waals surface area contributed by atoms with Crippen LogP contribution in [0.4, 0.5) is 0 Å². The zero-order chi connectivity index (χ0) is 11.5. The standard InChI is InChI=1S/C11H11N4O/c1-7-10(8(2)15-6-14-7)11-12-4-9(16-3)5-13-11/h4-5H,1-3H3. The molecule has 0 saturated carbocycles. The maximum atomic E-state index is 5.00. The molecule has 2 rings (SSSR count). The molecule has 0 saturated heterocycles. The van der Waals surface area contributed by atoms with Crippen LogP contribution in [0.3, 0.4) is 0 Å². The highest BCUT2D eigenvalue weighted by molar-refractivity contribution is 5.60. The predicted molar refractivity (Wildman–Crippen MR) is 57.9 cm³/mol. The average Bonchev–Trinajstić information content (AvgIpc) is 2.30. The van der Waals surface area contributed by atoms with Crippen LogP contribution >= 0.6 is 0 Å². The molecule has 0 aliphatic carbocycles. The van der Waals surface area contributed by atoms with E-state index in [2.05, 4.69) is 26.3 Å². The van der Waals surface area contributed by atoms with Crippen LogP contribution in [0.25, 0.3) is 11.4 Å². The highest BCUT2D eigenvalue weighted by Gasteiger charge is 2.10. The Morgan fingerprint density at radius 3 is 2.12 bits per heavy atom. The third-order valence-corrected chi connectivity index (χ3v) is 2.25. The van der Waals surface area contributed by atoms with Gasteiger partial charge in [0.2, 0.25) is 0 Å². The lowest BCUT2D eigenvalue weighted by Crippen LogP contribution is -1.99. The zero-order valence-electron chi connectivity index (χ0n) is 9.35. The minimum Gasteiger partial charge on any atom is -0.494 e. The molecule has 0 bridgehead atoms. The van der Waals surface area contributed by atoms with E-state index in [1.807, 2.05) is 13.8 Å². The van der Waals surface area contributed by atoms with Crippen molar-refractivity contribution in [2.75, 3.05) is 7.11 Å². The lowest BCUT2D eigenvalue weighted by Gasteiger charge is -2.06. The van der Waals surface area contributed by atoms with Crippen LogP contribution in [0.1, 0.15) is 11.4 Å². The summed E-state index contributed by atoms with van der Waals surface area (Å²) in [6.45, 7) is 3.77. The topological polar surface area (TPSA) is 60.8 Å². The van der Waals surface area contributed by atoms with Gasteiger partial charge in [-0.15, -0.1) is 0 Å². The number of ether oxygens (including phenoxy) is 1. The van der Waals surface area contributed by atoms with Crippen LogP contribution in [0, 0.1) is 20.2 Å². The van der Waals surface area contributed by atoms with Crippen molar-refractivity contribution in [2.45, 2.75) is 13.8 Å². The molecule has 0 aliphatic rings. The largest absolute Gasteiger partial charge is 0.494 e. The van der Waals surface area contributed by atoms with Crippen LogP contribution in [-0.2, 0) is 0 Å². The highest BCUT2D eigenvalue weighted by atomic mass is 16.5. The van der Waals surface area contributed by atoms with Crippen molar-refractivity contribution in [3.8, 4) is 17.1 Å². The molecule has 5 nitrogen and oxygen atoms in total. The van der Waals surface area contributed by atoms with Crippen LogP contribution in [0.2, 0.25) is 0 Å². The number of hydrogen-bond acceptors (Lipinski definition) is 5. The lowest BCUT2D eigenvalue weighted by molar-refractivity contribution is 0.411. The van der Waals surface area contributed by atoms with Gasteiger partial charge in [-0.05, 0) is 13.8 Å². The van der Waals surface area contributed by atoms with E-state index in [-0.39, 0.29) is 0 Å². The fourth-order valence-corrected chi connectivity index (χ4v) is 1.42. The fraction of sp³-hybridized carbons (Fsp3) is 0.273. The van der Waals surface area contributed by atoms with E-state index in [9.17, 15) is 0 Å². The molecule has 2 heterocycles. The van der Waals surface area contributed by atoms with E-state index in [0.717, 1.165) is 17.0 Å². The maximum absolute atomic E-state index is 5.00. The molecule has 2 aromatic heterocycles. The maximum Gasteiger partial charge on any atom is 0.198 e. The Bertz CT molecular complexity index is 476. The van der Waals surface area contributed by atoms with Crippen molar-refractivity contribution in [3.63, 3.8) is 0 Å². The smallest absolute Gasteiger partial charge is 0.198 e. The molecule has 81 valence electrons. The Hall–Kier alpha value is -2.04. The summed E-state index contributed by atoms with van der Waals surface area (Å²) in [7, 11) is 1.58. The summed E-state index contributed by atoms with van der Waals surface area (Å²) >= 11 is 0. The molecule has 0 spiro atoms. The van der Waals surface area contributed by atoms with Crippen molar-refractivity contribution in [2.24, 2.45) is 0 Å². The summed E-state index contributed by atoms with van der Waals surface area (Å²) in [5.41, 5.74) is 2.48. The Morgan fingerprint density at radius 1 is 1.06 bits per heavy atom. The minimum absolute atomic E-state index is 0.602. The Balaban J connectivity index is 2.50. The number of nitrogens with zero attached hydrogens (tertiary/aromatic N) is 4. The van der Waals surface area contributed by atoms with E-state index in [0.29, 0.717) is 11.6 Å². The quantitative estimate of drug-likeness (QED) is 0.757. The summed E-state index contributed by atoms with van der Waals surface area (Å²) in [6, 6.07) is 0. The van der Waals surface area contributed by atoms with Gasteiger partial charge in [-0.25, -0.2) is 19.9 Å². The average molecular weight is 215 g/mol. The molecular formula is C11H11N4O. The van der Waals surface area contributed by atoms with Gasteiger partial charge < -0.3 is 4.74 Å². The van der Waals surface area contributed by atoms with Crippen molar-refractivity contribution >= 4 is 0 Å². The number of aryl methyl sites for hydroxylation is 2. The number of aromatic nitrogens is 4. The predicted octanol–water partition coefficient (Wildman–Crippen LogP) is 1.36. The van der Waals surface area contributed by atoms with E-state index in [1.165, 1.54) is 0 Å². The van der Waals surface area contributed by atoms with E-state index < -0.39 is 0 Å². The molecule has 0 fully saturated rings. The summed E-state index contributed by atoms with van der Waals surface area (Å²) in [6.07, 6.45) is 5.83. The van der Waals surface area contributed by atoms with Gasteiger partial charge in [0.25, 0.3) is 0 Å². The second-order valence-corrected chi connectivity index (χ2v) is 3.32. The zero-order valence-corrected chi connectivity index (χ0v) is 9.35. The Morgan fingerprint density at radius 2 is 1.62 bits per heavy atom. The number of rotatable bonds is 2. The molecule has 5 heteroatoms. The molecule has 2 aromatic rings. The van der Waals surface area contributed by atoms with Gasteiger partial charge in [-0.3, -0.25) is 0 Å². The third-order valence-electron chi connectivity index (χ3n) is 2.25. The van der Waals surface area contributed by atoms with Crippen molar-refractivity contribution in [1.82, 2.24) is 19.9 Å². The van der Waals surface area contributed by atoms with Crippen molar-refractivity contribution in [3.05, 3.63) is 30.1 Å². The number of methoxy groups -OCH3 is 1. The summed E-state index contributed by atoms with van der Waals surface area (Å²) in [4.78, 5) is 16.4. The van der Waals surface area contributed by atoms with Gasteiger partial charge >= 0.3 is 0 Å². The molecule has 16 heavy (non-hydrogen) atoms. The van der Waals surface area contributed by atoms with E-state index >= 15 is 0 Å². The van der Waals surface area contributed by atoms with Crippen molar-refractivity contribution in [1.29, 1.82) is 0 Å². The second kappa shape index (κ2) is 4.22. The summed E-state index contributed by atoms with van der Waals surface area (Å²) in [5, 5.41) is 0. The minimum atomic E-state index is 0.602. The molecule has 0 aromatic carbocycles. The van der Waals surface area contributed by atoms with Gasteiger partial charge in [-0.1, -0.05) is 0 Å². The van der Waals surface area contributed by atoms with Gasteiger partial charge in [0.1, 0.15) is 0 Å². The van der Waals surface area contributed by atoms with Gasteiger partial charge in [0.15, 0.2) is 17.9 Å². The number of hydrogen-bond donors (Lipinski definition) is 0. The van der Waals surface area contributed by atoms with Crippen LogP contribution < -0.4 is 4.74 Å². The Kier molecular flexibility index (Phi) is 2.76. The molecule has 0 unspecified atom stereocenters. The summed E-state index contributed by atoms with van der Waals surface area (Å²) in [5.74, 6) is 1.23. The monoisotopic (exact) mass is 215 g/mol. The first kappa shape index (κ1) is 10.5. The van der Waals surface area contributed by atoms with Crippen LogP contribution in [0.15, 0.2) is 12.4 Å². The van der Waals surface area contributed by atoms with Crippen LogP contribution in [0.5, 0.6) is 5.75 Å². The lowest BCUT2D eigenvalue weighted by atomic mass is 10.1. The highest BCUT2D eigenvalue weighted by Crippen LogP contribution is 2.21. The summed E-state index contributed by atoms with van der Waals surface area (Å²) < 4.78 is 5.00. The van der Waals surface area contributed by atoms with Gasteiger partial charge in [-0.2, -0.15) is 0 Å². The fourth-order valence-electron chi connectivity index (χ4n) is 1.42. The first-order valence-electron chi connectivity index (χ1n) is 4.80. The SMILES string of the molecule is COc1cnc(-c2c(C)n[c]nc2C)nc1. The van der Waals surface area contributed by atoms with Gasteiger partial charge in [0.05, 0.1) is 36.5 Å². The molecule has 0 aliphatic heterocycles. The van der Waals surface area contributed by atoms with Crippen LogP contribution in [-0.4, -0.2) is 27.0 Å². The third kappa shape index (κ3) is 1.84. The van der Waals surface area contributed by atoms with E-state index in [4.69, 9.17) is 4.74 Å². The molecule has 0 N–H and O–H groups in total. The molecule has 0 atom stereocenters. The van der Waals surface area contributed by atoms with Crippen molar-refractivity contribution < 1.29 is 4.74 Å². The molecule has 1 radical (unpaired) electrons.